The second-order valence-corrected chi connectivity index (χ2v) is 6.39. The van der Waals surface area contributed by atoms with Crippen LogP contribution in [0.3, 0.4) is 0 Å². The lowest BCUT2D eigenvalue weighted by molar-refractivity contribution is 1.13. The van der Waals surface area contributed by atoms with Crippen LogP contribution in [0.4, 0.5) is 0 Å². The minimum Gasteiger partial charge on any atom is -0.113 e. The Balaban J connectivity index is 2.21. The Bertz CT molecular complexity index is 788. The lowest BCUT2D eigenvalue weighted by Gasteiger charge is -2.17. The Labute approximate surface area is 139 Å². The molecule has 0 nitrogen and oxygen atoms in total. The molecule has 0 aliphatic heterocycles. The number of hydrogen-bond acceptors (Lipinski definition) is 0. The molecule has 0 bridgehead atoms. The molecule has 0 radical (unpaired) electrons. The highest BCUT2D eigenvalue weighted by Crippen LogP contribution is 2.37. The summed E-state index contributed by atoms with van der Waals surface area (Å²) < 4.78 is 0. The first-order chi connectivity index (χ1) is 10.1. The molecular formula is C18H13Cl3. The third-order valence-corrected chi connectivity index (χ3v) is 4.53. The zero-order chi connectivity index (χ0) is 15.0. The number of halogens is 3. The quantitative estimate of drug-likeness (QED) is 0.453. The summed E-state index contributed by atoms with van der Waals surface area (Å²) in [5, 5.41) is 3.25. The fourth-order valence-corrected chi connectivity index (χ4v) is 3.59. The second-order valence-electron chi connectivity index (χ2n) is 5.08. The fraction of sp³-hybridized carbons (Fsp3) is 0.111. The molecule has 0 amide bonds. The fourth-order valence-electron chi connectivity index (χ4n) is 2.63. The van der Waals surface area contributed by atoms with Crippen LogP contribution < -0.4 is 0 Å². The average Bonchev–Trinajstić information content (AvgIpc) is 2.45. The number of benzene rings is 3. The molecule has 21 heavy (non-hydrogen) atoms. The lowest BCUT2D eigenvalue weighted by Crippen LogP contribution is -1.98. The van der Waals surface area contributed by atoms with E-state index in [1.54, 1.807) is 6.07 Å². The van der Waals surface area contributed by atoms with Crippen LogP contribution in [0.1, 0.15) is 22.1 Å². The van der Waals surface area contributed by atoms with Crippen molar-refractivity contribution in [2.75, 3.05) is 0 Å². The van der Waals surface area contributed by atoms with Gasteiger partial charge in [0, 0.05) is 10.0 Å². The van der Waals surface area contributed by atoms with Crippen LogP contribution in [0, 0.1) is 6.92 Å². The molecule has 0 heterocycles. The first kappa shape index (κ1) is 14.7. The molecule has 0 spiro atoms. The van der Waals surface area contributed by atoms with Crippen LogP contribution in [0.25, 0.3) is 10.8 Å². The van der Waals surface area contributed by atoms with Crippen molar-refractivity contribution < 1.29 is 0 Å². The summed E-state index contributed by atoms with van der Waals surface area (Å²) in [6, 6.07) is 17.9. The van der Waals surface area contributed by atoms with Gasteiger partial charge < -0.3 is 0 Å². The van der Waals surface area contributed by atoms with Crippen LogP contribution >= 0.6 is 34.8 Å². The molecule has 0 aliphatic rings. The van der Waals surface area contributed by atoms with E-state index in [2.05, 4.69) is 31.2 Å². The normalized spacial score (nSPS) is 12.6. The first-order valence-corrected chi connectivity index (χ1v) is 7.84. The van der Waals surface area contributed by atoms with E-state index < -0.39 is 0 Å². The van der Waals surface area contributed by atoms with Crippen molar-refractivity contribution in [1.29, 1.82) is 0 Å². The van der Waals surface area contributed by atoms with E-state index >= 15 is 0 Å². The van der Waals surface area contributed by atoms with Gasteiger partial charge in [0.2, 0.25) is 0 Å². The van der Waals surface area contributed by atoms with Crippen molar-refractivity contribution in [2.45, 2.75) is 12.3 Å². The Morgan fingerprint density at radius 1 is 0.857 bits per heavy atom. The van der Waals surface area contributed by atoms with E-state index in [1.807, 2.05) is 24.3 Å². The predicted molar refractivity (Wildman–Crippen MR) is 92.8 cm³/mol. The molecule has 1 atom stereocenters. The highest BCUT2D eigenvalue weighted by atomic mass is 35.5. The van der Waals surface area contributed by atoms with E-state index in [0.29, 0.717) is 10.0 Å². The average molecular weight is 336 g/mol. The molecular weight excluding hydrogens is 323 g/mol. The number of hydrogen-bond donors (Lipinski definition) is 0. The minimum atomic E-state index is -0.285. The van der Waals surface area contributed by atoms with E-state index in [1.165, 1.54) is 5.39 Å². The van der Waals surface area contributed by atoms with Gasteiger partial charge in [0.25, 0.3) is 0 Å². The van der Waals surface area contributed by atoms with Gasteiger partial charge in [-0.1, -0.05) is 59.6 Å². The van der Waals surface area contributed by atoms with Gasteiger partial charge >= 0.3 is 0 Å². The number of alkyl halides is 1. The van der Waals surface area contributed by atoms with E-state index in [9.17, 15) is 0 Å². The second kappa shape index (κ2) is 5.88. The van der Waals surface area contributed by atoms with Crippen LogP contribution in [-0.4, -0.2) is 0 Å². The van der Waals surface area contributed by atoms with Crippen molar-refractivity contribution in [3.8, 4) is 0 Å². The summed E-state index contributed by atoms with van der Waals surface area (Å²) in [4.78, 5) is 0. The van der Waals surface area contributed by atoms with E-state index in [4.69, 9.17) is 34.8 Å². The van der Waals surface area contributed by atoms with Gasteiger partial charge in [0.15, 0.2) is 0 Å². The smallest absolute Gasteiger partial charge is 0.0845 e. The van der Waals surface area contributed by atoms with Gasteiger partial charge in [-0.3, -0.25) is 0 Å². The van der Waals surface area contributed by atoms with Crippen molar-refractivity contribution in [3.63, 3.8) is 0 Å². The van der Waals surface area contributed by atoms with Crippen molar-refractivity contribution >= 4 is 45.6 Å². The van der Waals surface area contributed by atoms with Crippen molar-refractivity contribution in [2.24, 2.45) is 0 Å². The maximum Gasteiger partial charge on any atom is 0.0845 e. The Morgan fingerprint density at radius 2 is 1.52 bits per heavy atom. The largest absolute Gasteiger partial charge is 0.113 e. The van der Waals surface area contributed by atoms with Crippen LogP contribution in [-0.2, 0) is 0 Å². The van der Waals surface area contributed by atoms with E-state index in [-0.39, 0.29) is 5.38 Å². The highest BCUT2D eigenvalue weighted by Gasteiger charge is 2.17. The van der Waals surface area contributed by atoms with Crippen molar-refractivity contribution in [3.05, 3.63) is 81.3 Å². The van der Waals surface area contributed by atoms with Gasteiger partial charge in [-0.2, -0.15) is 0 Å². The molecule has 0 aromatic heterocycles. The standard InChI is InChI=1S/C18H13Cl3/c1-11-6-7-12-4-2-3-5-16(12)17(11)18(21)13-8-14(19)10-15(20)9-13/h2-10,18H,1H3. The number of aryl methyl sites for hydroxylation is 1. The van der Waals surface area contributed by atoms with Crippen LogP contribution in [0.15, 0.2) is 54.6 Å². The van der Waals surface area contributed by atoms with Crippen LogP contribution in [0.2, 0.25) is 10.0 Å². The molecule has 0 saturated carbocycles. The van der Waals surface area contributed by atoms with Gasteiger partial charge in [-0.25, -0.2) is 0 Å². The van der Waals surface area contributed by atoms with E-state index in [0.717, 1.165) is 22.1 Å². The Hall–Kier alpha value is -1.21. The first-order valence-electron chi connectivity index (χ1n) is 6.64. The number of fused-ring (bicyclic) bond motifs is 1. The summed E-state index contributed by atoms with van der Waals surface area (Å²) in [6.07, 6.45) is 0. The monoisotopic (exact) mass is 334 g/mol. The van der Waals surface area contributed by atoms with Crippen LogP contribution in [0.5, 0.6) is 0 Å². The van der Waals surface area contributed by atoms with Gasteiger partial charge in [0.1, 0.15) is 0 Å². The van der Waals surface area contributed by atoms with Crippen molar-refractivity contribution in [1.82, 2.24) is 0 Å². The SMILES string of the molecule is Cc1ccc2ccccc2c1C(Cl)c1cc(Cl)cc(Cl)c1. The third-order valence-electron chi connectivity index (χ3n) is 3.62. The molecule has 1 unspecified atom stereocenters. The molecule has 0 fully saturated rings. The van der Waals surface area contributed by atoms with Gasteiger partial charge in [-0.15, -0.1) is 11.6 Å². The molecule has 0 saturated heterocycles. The molecule has 3 aromatic rings. The summed E-state index contributed by atoms with van der Waals surface area (Å²) in [6.45, 7) is 2.07. The molecule has 3 heteroatoms. The molecule has 3 rings (SSSR count). The van der Waals surface area contributed by atoms with Gasteiger partial charge in [-0.05, 0) is 52.6 Å². The molecule has 0 aliphatic carbocycles. The number of rotatable bonds is 2. The summed E-state index contributed by atoms with van der Waals surface area (Å²) in [5.74, 6) is 0. The zero-order valence-corrected chi connectivity index (χ0v) is 13.7. The molecule has 0 N–H and O–H groups in total. The highest BCUT2D eigenvalue weighted by molar-refractivity contribution is 6.35. The topological polar surface area (TPSA) is 0 Å². The summed E-state index contributed by atoms with van der Waals surface area (Å²) in [5.41, 5.74) is 3.17. The lowest BCUT2D eigenvalue weighted by atomic mass is 9.94. The predicted octanol–water partition coefficient (Wildman–Crippen LogP) is 6.78. The van der Waals surface area contributed by atoms with Gasteiger partial charge in [0.05, 0.1) is 5.38 Å². The zero-order valence-electron chi connectivity index (χ0n) is 11.4. The Kier molecular flexibility index (Phi) is 4.12. The summed E-state index contributed by atoms with van der Waals surface area (Å²) >= 11 is 18.9. The maximum absolute atomic E-state index is 6.74. The third kappa shape index (κ3) is 2.89. The maximum atomic E-state index is 6.74. The summed E-state index contributed by atoms with van der Waals surface area (Å²) in [7, 11) is 0. The molecule has 3 aromatic carbocycles. The minimum absolute atomic E-state index is 0.285. The Morgan fingerprint density at radius 3 is 2.24 bits per heavy atom. The molecule has 106 valence electrons.